The van der Waals surface area contributed by atoms with Gasteiger partial charge in [0.15, 0.2) is 6.61 Å². The Labute approximate surface area is 113 Å². The van der Waals surface area contributed by atoms with E-state index in [0.29, 0.717) is 11.3 Å². The van der Waals surface area contributed by atoms with Gasteiger partial charge in [-0.25, -0.2) is 4.79 Å². The molecule has 0 aliphatic rings. The summed E-state index contributed by atoms with van der Waals surface area (Å²) < 4.78 is 4.97. The van der Waals surface area contributed by atoms with E-state index in [1.54, 1.807) is 25.2 Å². The van der Waals surface area contributed by atoms with E-state index in [2.05, 4.69) is 0 Å². The Morgan fingerprint density at radius 2 is 2.00 bits per heavy atom. The first kappa shape index (κ1) is 15.0. The average Bonchev–Trinajstić information content (AvgIpc) is 2.37. The van der Waals surface area contributed by atoms with E-state index in [1.165, 1.54) is 4.90 Å². The van der Waals surface area contributed by atoms with E-state index >= 15 is 0 Å². The van der Waals surface area contributed by atoms with Crippen molar-refractivity contribution in [2.45, 2.75) is 26.8 Å². The number of hydrogen-bond donors (Lipinski definition) is 1. The predicted molar refractivity (Wildman–Crippen MR) is 73.8 cm³/mol. The van der Waals surface area contributed by atoms with Crippen LogP contribution in [0.4, 0.5) is 5.69 Å². The van der Waals surface area contributed by atoms with Crippen LogP contribution in [-0.2, 0) is 9.53 Å². The third-order valence-electron chi connectivity index (χ3n) is 3.01. The van der Waals surface area contributed by atoms with Crippen molar-refractivity contribution >= 4 is 17.6 Å². The normalized spacial score (nSPS) is 10.4. The maximum atomic E-state index is 11.8. The van der Waals surface area contributed by atoms with Crippen LogP contribution in [0, 0.1) is 6.92 Å². The van der Waals surface area contributed by atoms with Gasteiger partial charge in [-0.1, -0.05) is 6.07 Å². The monoisotopic (exact) mass is 264 g/mol. The van der Waals surface area contributed by atoms with Crippen molar-refractivity contribution in [1.82, 2.24) is 4.90 Å². The van der Waals surface area contributed by atoms with Crippen LogP contribution in [0.15, 0.2) is 18.2 Å². The molecule has 5 nitrogen and oxygen atoms in total. The molecular weight excluding hydrogens is 244 g/mol. The number of benzene rings is 1. The molecule has 0 aromatic heterocycles. The number of nitrogens with two attached hydrogens (primary N) is 1. The van der Waals surface area contributed by atoms with Gasteiger partial charge in [0.2, 0.25) is 0 Å². The minimum atomic E-state index is -0.544. The number of carbonyl (C=O) groups is 2. The second-order valence-electron chi connectivity index (χ2n) is 4.75. The van der Waals surface area contributed by atoms with Crippen molar-refractivity contribution in [3.8, 4) is 0 Å². The van der Waals surface area contributed by atoms with E-state index in [0.717, 1.165) is 5.56 Å². The van der Waals surface area contributed by atoms with Gasteiger partial charge in [0.25, 0.3) is 5.91 Å². The van der Waals surface area contributed by atoms with Gasteiger partial charge in [-0.15, -0.1) is 0 Å². The minimum Gasteiger partial charge on any atom is -0.452 e. The fraction of sp³-hybridized carbons (Fsp3) is 0.429. The lowest BCUT2D eigenvalue weighted by atomic mass is 10.1. The Bertz CT molecular complexity index is 484. The summed E-state index contributed by atoms with van der Waals surface area (Å²) >= 11 is 0. The highest BCUT2D eigenvalue weighted by Crippen LogP contribution is 2.13. The second-order valence-corrected chi connectivity index (χ2v) is 4.75. The van der Waals surface area contributed by atoms with Crippen LogP contribution in [0.25, 0.3) is 0 Å². The maximum Gasteiger partial charge on any atom is 0.338 e. The first-order valence-corrected chi connectivity index (χ1v) is 6.12. The zero-order valence-electron chi connectivity index (χ0n) is 11.8. The third kappa shape index (κ3) is 3.98. The summed E-state index contributed by atoms with van der Waals surface area (Å²) in [7, 11) is 1.67. The summed E-state index contributed by atoms with van der Waals surface area (Å²) in [6.07, 6.45) is 0. The predicted octanol–water partition coefficient (Wildman–Crippen LogP) is 1.60. The molecule has 0 aliphatic carbocycles. The van der Waals surface area contributed by atoms with E-state index in [-0.39, 0.29) is 18.6 Å². The van der Waals surface area contributed by atoms with Gasteiger partial charge < -0.3 is 15.4 Å². The number of nitrogen functional groups attached to an aromatic ring is 1. The third-order valence-corrected chi connectivity index (χ3v) is 3.01. The summed E-state index contributed by atoms with van der Waals surface area (Å²) in [6.45, 7) is 5.37. The Hall–Kier alpha value is -2.04. The number of esters is 1. The number of rotatable bonds is 4. The van der Waals surface area contributed by atoms with Gasteiger partial charge in [-0.05, 0) is 38.5 Å². The van der Waals surface area contributed by atoms with E-state index in [1.807, 2.05) is 20.8 Å². The van der Waals surface area contributed by atoms with Gasteiger partial charge in [0.05, 0.1) is 5.56 Å². The molecule has 0 atom stereocenters. The lowest BCUT2D eigenvalue weighted by Gasteiger charge is -2.21. The molecular formula is C14H20N2O3. The molecule has 1 aromatic rings. The zero-order chi connectivity index (χ0) is 14.6. The number of nitrogens with zero attached hydrogens (tertiary/aromatic N) is 1. The SMILES string of the molecule is Cc1ccc(C(=O)OCC(=O)N(C)C(C)C)cc1N. The molecule has 1 rings (SSSR count). The highest BCUT2D eigenvalue weighted by atomic mass is 16.5. The molecule has 1 amide bonds. The molecule has 0 unspecified atom stereocenters. The highest BCUT2D eigenvalue weighted by Gasteiger charge is 2.15. The molecule has 0 spiro atoms. The minimum absolute atomic E-state index is 0.0706. The summed E-state index contributed by atoms with van der Waals surface area (Å²) in [5, 5.41) is 0. The molecule has 2 N–H and O–H groups in total. The van der Waals surface area contributed by atoms with Crippen LogP contribution >= 0.6 is 0 Å². The Kier molecular flexibility index (Phi) is 4.92. The quantitative estimate of drug-likeness (QED) is 0.662. The van der Waals surface area contributed by atoms with Gasteiger partial charge in [-0.3, -0.25) is 4.79 Å². The number of likely N-dealkylation sites (N-methyl/N-ethyl adjacent to an activating group) is 1. The molecule has 0 saturated carbocycles. The fourth-order valence-electron chi connectivity index (χ4n) is 1.37. The van der Waals surface area contributed by atoms with E-state index < -0.39 is 5.97 Å². The average molecular weight is 264 g/mol. The lowest BCUT2D eigenvalue weighted by Crippen LogP contribution is -2.36. The summed E-state index contributed by atoms with van der Waals surface area (Å²) in [6, 6.07) is 4.99. The van der Waals surface area contributed by atoms with Gasteiger partial charge in [0, 0.05) is 18.8 Å². The van der Waals surface area contributed by atoms with Crippen LogP contribution in [0.5, 0.6) is 0 Å². The highest BCUT2D eigenvalue weighted by molar-refractivity contribution is 5.92. The number of aryl methyl sites for hydroxylation is 1. The summed E-state index contributed by atoms with van der Waals surface area (Å²) in [5.41, 5.74) is 7.49. The van der Waals surface area contributed by atoms with Gasteiger partial charge >= 0.3 is 5.97 Å². The molecule has 0 heterocycles. The van der Waals surface area contributed by atoms with Crippen LogP contribution in [0.2, 0.25) is 0 Å². The van der Waals surface area contributed by atoms with Crippen LogP contribution < -0.4 is 5.73 Å². The van der Waals surface area contributed by atoms with Gasteiger partial charge in [-0.2, -0.15) is 0 Å². The first-order chi connectivity index (χ1) is 8.82. The van der Waals surface area contributed by atoms with Crippen LogP contribution in [-0.4, -0.2) is 36.5 Å². The molecule has 0 radical (unpaired) electrons. The zero-order valence-corrected chi connectivity index (χ0v) is 11.8. The van der Waals surface area contributed by atoms with Crippen molar-refractivity contribution < 1.29 is 14.3 Å². The summed E-state index contributed by atoms with van der Waals surface area (Å²) in [5.74, 6) is -0.777. The second kappa shape index (κ2) is 6.22. The summed E-state index contributed by atoms with van der Waals surface area (Å²) in [4.78, 5) is 24.9. The number of carbonyl (C=O) groups excluding carboxylic acids is 2. The van der Waals surface area contributed by atoms with Crippen molar-refractivity contribution in [1.29, 1.82) is 0 Å². The number of ether oxygens (including phenoxy) is 1. The molecule has 104 valence electrons. The fourth-order valence-corrected chi connectivity index (χ4v) is 1.37. The maximum absolute atomic E-state index is 11.8. The topological polar surface area (TPSA) is 72.6 Å². The van der Waals surface area contributed by atoms with Gasteiger partial charge in [0.1, 0.15) is 0 Å². The molecule has 0 saturated heterocycles. The molecule has 5 heteroatoms. The molecule has 0 aliphatic heterocycles. The van der Waals surface area contributed by atoms with Crippen LogP contribution in [0.3, 0.4) is 0 Å². The van der Waals surface area contributed by atoms with Crippen LogP contribution in [0.1, 0.15) is 29.8 Å². The molecule has 1 aromatic carbocycles. The number of hydrogen-bond acceptors (Lipinski definition) is 4. The van der Waals surface area contributed by atoms with E-state index in [4.69, 9.17) is 10.5 Å². The Morgan fingerprint density at radius 1 is 1.37 bits per heavy atom. The Balaban J connectivity index is 2.61. The van der Waals surface area contributed by atoms with Crippen molar-refractivity contribution in [2.24, 2.45) is 0 Å². The largest absolute Gasteiger partial charge is 0.452 e. The molecule has 19 heavy (non-hydrogen) atoms. The number of anilines is 1. The smallest absolute Gasteiger partial charge is 0.338 e. The molecule has 0 bridgehead atoms. The first-order valence-electron chi connectivity index (χ1n) is 6.12. The van der Waals surface area contributed by atoms with E-state index in [9.17, 15) is 9.59 Å². The standard InChI is InChI=1S/C14H20N2O3/c1-9(2)16(4)13(17)8-19-14(18)11-6-5-10(3)12(15)7-11/h5-7,9H,8,15H2,1-4H3. The molecule has 0 fully saturated rings. The Morgan fingerprint density at radius 3 is 2.53 bits per heavy atom. The lowest BCUT2D eigenvalue weighted by molar-refractivity contribution is -0.134. The van der Waals surface area contributed by atoms with Crippen molar-refractivity contribution in [3.63, 3.8) is 0 Å². The van der Waals surface area contributed by atoms with Crippen molar-refractivity contribution in [3.05, 3.63) is 29.3 Å². The number of amides is 1. The van der Waals surface area contributed by atoms with Crippen molar-refractivity contribution in [2.75, 3.05) is 19.4 Å².